The van der Waals surface area contributed by atoms with Crippen molar-refractivity contribution in [3.63, 3.8) is 0 Å². The zero-order valence-corrected chi connectivity index (χ0v) is 8.05. The highest BCUT2D eigenvalue weighted by Crippen LogP contribution is 2.16. The second-order valence-electron chi connectivity index (χ2n) is 2.66. The quantitative estimate of drug-likeness (QED) is 0.683. The van der Waals surface area contributed by atoms with Gasteiger partial charge in [0.25, 0.3) is 0 Å². The van der Waals surface area contributed by atoms with Crippen LogP contribution in [0.5, 0.6) is 0 Å². The first kappa shape index (κ1) is 9.86. The van der Waals surface area contributed by atoms with Gasteiger partial charge in [0.1, 0.15) is 5.69 Å². The number of hydrogen-bond donors (Lipinski definition) is 0. The van der Waals surface area contributed by atoms with E-state index in [1.54, 1.807) is 0 Å². The number of aromatic nitrogens is 1. The fourth-order valence-corrected chi connectivity index (χ4v) is 1.17. The van der Waals surface area contributed by atoms with E-state index in [1.807, 2.05) is 0 Å². The molecule has 0 saturated heterocycles. The van der Waals surface area contributed by atoms with Gasteiger partial charge in [-0.25, -0.2) is 0 Å². The molecule has 0 spiro atoms. The Morgan fingerprint density at radius 2 is 1.92 bits per heavy atom. The molecule has 1 heterocycles. The SMILES string of the molecule is CC(=O)c1cc(Cl)c(C(C)=O)cn1. The normalized spacial score (nSPS) is 9.77. The van der Waals surface area contributed by atoms with Gasteiger partial charge in [0.2, 0.25) is 0 Å². The summed E-state index contributed by atoms with van der Waals surface area (Å²) in [5.74, 6) is -0.329. The van der Waals surface area contributed by atoms with E-state index in [2.05, 4.69) is 4.98 Å². The van der Waals surface area contributed by atoms with E-state index in [-0.39, 0.29) is 22.3 Å². The third kappa shape index (κ3) is 2.12. The first-order valence-corrected chi connectivity index (χ1v) is 4.07. The molecule has 0 radical (unpaired) electrons. The van der Waals surface area contributed by atoms with Crippen LogP contribution in [-0.4, -0.2) is 16.6 Å². The van der Waals surface area contributed by atoms with Gasteiger partial charge in [-0.05, 0) is 13.0 Å². The highest BCUT2D eigenvalue weighted by atomic mass is 35.5. The molecule has 0 amide bonds. The Kier molecular flexibility index (Phi) is 2.78. The molecule has 0 saturated carbocycles. The van der Waals surface area contributed by atoms with Gasteiger partial charge in [0.05, 0.1) is 10.6 Å². The van der Waals surface area contributed by atoms with Gasteiger partial charge in [0, 0.05) is 13.1 Å². The van der Waals surface area contributed by atoms with Crippen molar-refractivity contribution in [1.29, 1.82) is 0 Å². The van der Waals surface area contributed by atoms with Gasteiger partial charge < -0.3 is 0 Å². The molecule has 68 valence electrons. The van der Waals surface area contributed by atoms with Crippen LogP contribution in [0.25, 0.3) is 0 Å². The maximum absolute atomic E-state index is 10.9. The van der Waals surface area contributed by atoms with Crippen molar-refractivity contribution in [1.82, 2.24) is 4.98 Å². The first-order chi connectivity index (χ1) is 6.02. The Balaban J connectivity index is 3.20. The molecule has 1 aromatic heterocycles. The Bertz CT molecular complexity index is 374. The molecule has 1 aromatic rings. The molecule has 0 aliphatic rings. The van der Waals surface area contributed by atoms with Crippen LogP contribution in [0.1, 0.15) is 34.7 Å². The molecule has 0 N–H and O–H groups in total. The summed E-state index contributed by atoms with van der Waals surface area (Å²) in [7, 11) is 0. The van der Waals surface area contributed by atoms with Gasteiger partial charge in [-0.3, -0.25) is 14.6 Å². The van der Waals surface area contributed by atoms with Crippen LogP contribution in [0, 0.1) is 0 Å². The maximum Gasteiger partial charge on any atom is 0.178 e. The average molecular weight is 198 g/mol. The van der Waals surface area contributed by atoms with Gasteiger partial charge >= 0.3 is 0 Å². The third-order valence-corrected chi connectivity index (χ3v) is 1.91. The third-order valence-electron chi connectivity index (χ3n) is 1.59. The van der Waals surface area contributed by atoms with Crippen molar-refractivity contribution in [2.45, 2.75) is 13.8 Å². The number of hydrogen-bond acceptors (Lipinski definition) is 3. The predicted molar refractivity (Wildman–Crippen MR) is 49.3 cm³/mol. The van der Waals surface area contributed by atoms with E-state index in [0.717, 1.165) is 0 Å². The van der Waals surface area contributed by atoms with Crippen LogP contribution in [-0.2, 0) is 0 Å². The van der Waals surface area contributed by atoms with Crippen molar-refractivity contribution in [2.24, 2.45) is 0 Å². The topological polar surface area (TPSA) is 47.0 Å². The monoisotopic (exact) mass is 197 g/mol. The summed E-state index contributed by atoms with van der Waals surface area (Å²) in [6.07, 6.45) is 1.32. The number of carbonyl (C=O) groups is 2. The Labute approximate surface area is 80.7 Å². The van der Waals surface area contributed by atoms with Crippen LogP contribution < -0.4 is 0 Å². The second-order valence-corrected chi connectivity index (χ2v) is 3.07. The molecule has 0 aromatic carbocycles. The number of rotatable bonds is 2. The van der Waals surface area contributed by atoms with Crippen LogP contribution in [0.2, 0.25) is 5.02 Å². The summed E-state index contributed by atoms with van der Waals surface area (Å²) >= 11 is 5.76. The highest BCUT2D eigenvalue weighted by Gasteiger charge is 2.09. The predicted octanol–water partition coefficient (Wildman–Crippen LogP) is 2.14. The summed E-state index contributed by atoms with van der Waals surface area (Å²) < 4.78 is 0. The summed E-state index contributed by atoms with van der Waals surface area (Å²) in [5, 5.41) is 0.271. The van der Waals surface area contributed by atoms with E-state index in [0.29, 0.717) is 5.56 Å². The molecule has 3 nitrogen and oxygen atoms in total. The zero-order chi connectivity index (χ0) is 10.0. The van der Waals surface area contributed by atoms with E-state index in [4.69, 9.17) is 11.6 Å². The molecule has 0 atom stereocenters. The molecule has 13 heavy (non-hydrogen) atoms. The van der Waals surface area contributed by atoms with Crippen molar-refractivity contribution in [2.75, 3.05) is 0 Å². The van der Waals surface area contributed by atoms with Crippen LogP contribution in [0.15, 0.2) is 12.3 Å². The number of nitrogens with zero attached hydrogens (tertiary/aromatic N) is 1. The second kappa shape index (κ2) is 3.66. The van der Waals surface area contributed by atoms with E-state index < -0.39 is 0 Å². The number of pyridine rings is 1. The smallest absolute Gasteiger partial charge is 0.178 e. The molecular weight excluding hydrogens is 190 g/mol. The van der Waals surface area contributed by atoms with Crippen molar-refractivity contribution >= 4 is 23.2 Å². The van der Waals surface area contributed by atoms with Gasteiger partial charge in [-0.2, -0.15) is 0 Å². The van der Waals surface area contributed by atoms with E-state index in [1.165, 1.54) is 26.1 Å². The molecule has 0 aliphatic carbocycles. The van der Waals surface area contributed by atoms with E-state index >= 15 is 0 Å². The van der Waals surface area contributed by atoms with Crippen LogP contribution >= 0.6 is 11.6 Å². The minimum atomic E-state index is -0.169. The molecule has 1 rings (SSSR count). The number of Topliss-reactive ketones (excluding diaryl/α,β-unsaturated/α-hetero) is 2. The minimum Gasteiger partial charge on any atom is -0.294 e. The summed E-state index contributed by atoms with van der Waals surface area (Å²) in [6.45, 7) is 2.79. The average Bonchev–Trinajstić information content (AvgIpc) is 2.03. The molecule has 0 unspecified atom stereocenters. The van der Waals surface area contributed by atoms with Gasteiger partial charge in [-0.15, -0.1) is 0 Å². The maximum atomic E-state index is 10.9. The number of halogens is 1. The molecule has 0 aliphatic heterocycles. The van der Waals surface area contributed by atoms with Crippen LogP contribution in [0.3, 0.4) is 0 Å². The summed E-state index contributed by atoms with van der Waals surface area (Å²) in [5.41, 5.74) is 0.613. The van der Waals surface area contributed by atoms with Crippen molar-refractivity contribution in [3.8, 4) is 0 Å². The summed E-state index contributed by atoms with van der Waals surface area (Å²) in [4.78, 5) is 25.6. The fraction of sp³-hybridized carbons (Fsp3) is 0.222. The first-order valence-electron chi connectivity index (χ1n) is 3.70. The molecular formula is C9H8ClNO2. The van der Waals surface area contributed by atoms with Crippen LogP contribution in [0.4, 0.5) is 0 Å². The molecule has 0 bridgehead atoms. The lowest BCUT2D eigenvalue weighted by Gasteiger charge is -2.00. The lowest BCUT2D eigenvalue weighted by molar-refractivity contribution is 0.0997. The highest BCUT2D eigenvalue weighted by molar-refractivity contribution is 6.34. The fourth-order valence-electron chi connectivity index (χ4n) is 0.882. The molecule has 4 heteroatoms. The lowest BCUT2D eigenvalue weighted by Crippen LogP contribution is -2.01. The van der Waals surface area contributed by atoms with Gasteiger partial charge in [-0.1, -0.05) is 11.6 Å². The Hall–Kier alpha value is -1.22. The minimum absolute atomic E-state index is 0.160. The standard InChI is InChI=1S/C9H8ClNO2/c1-5(12)7-4-11-9(6(2)13)3-8(7)10/h3-4H,1-2H3. The summed E-state index contributed by atoms with van der Waals surface area (Å²) in [6, 6.07) is 1.40. The largest absolute Gasteiger partial charge is 0.294 e. The van der Waals surface area contributed by atoms with Crippen molar-refractivity contribution < 1.29 is 9.59 Å². The number of carbonyl (C=O) groups excluding carboxylic acids is 2. The van der Waals surface area contributed by atoms with Gasteiger partial charge in [0.15, 0.2) is 11.6 Å². The number of ketones is 2. The van der Waals surface area contributed by atoms with E-state index in [9.17, 15) is 9.59 Å². The van der Waals surface area contributed by atoms with Crippen molar-refractivity contribution in [3.05, 3.63) is 28.5 Å². The molecule has 0 fully saturated rings. The Morgan fingerprint density at radius 3 is 2.31 bits per heavy atom. The zero-order valence-electron chi connectivity index (χ0n) is 7.30. The lowest BCUT2D eigenvalue weighted by atomic mass is 10.2. The Morgan fingerprint density at radius 1 is 1.31 bits per heavy atom.